The minimum atomic E-state index is -0.0117. The molecule has 0 bridgehead atoms. The van der Waals surface area contributed by atoms with Crippen molar-refractivity contribution >= 4 is 30.7 Å². The highest BCUT2D eigenvalue weighted by Crippen LogP contribution is 2.24. The number of methoxy groups -OCH3 is 1. The van der Waals surface area contributed by atoms with Crippen LogP contribution in [0.5, 0.6) is 0 Å². The van der Waals surface area contributed by atoms with Gasteiger partial charge in [0.15, 0.2) is 5.82 Å². The molecular weight excluding hydrogens is 365 g/mol. The van der Waals surface area contributed by atoms with Crippen molar-refractivity contribution in [3.8, 4) is 0 Å². The van der Waals surface area contributed by atoms with Gasteiger partial charge in [-0.2, -0.15) is 5.10 Å². The summed E-state index contributed by atoms with van der Waals surface area (Å²) in [6.07, 6.45) is 5.92. The quantitative estimate of drug-likeness (QED) is 0.772. The summed E-state index contributed by atoms with van der Waals surface area (Å²) in [5.74, 6) is 2.39. The Morgan fingerprint density at radius 3 is 2.80 bits per heavy atom. The third-order valence-electron chi connectivity index (χ3n) is 4.77. The van der Waals surface area contributed by atoms with Crippen LogP contribution in [-0.4, -0.2) is 40.9 Å². The van der Waals surface area contributed by atoms with Gasteiger partial charge in [0.1, 0.15) is 12.4 Å². The molecule has 7 nitrogen and oxygen atoms in total. The van der Waals surface area contributed by atoms with Crippen LogP contribution in [0.15, 0.2) is 0 Å². The number of carbonyl (C=O) groups excluding carboxylic acids is 1. The molecule has 1 aromatic rings. The fourth-order valence-corrected chi connectivity index (χ4v) is 3.50. The van der Waals surface area contributed by atoms with Crippen LogP contribution < -0.4 is 10.6 Å². The maximum Gasteiger partial charge on any atom is 0.220 e. The number of halogens is 2. The molecule has 1 atom stereocenters. The van der Waals surface area contributed by atoms with Gasteiger partial charge >= 0.3 is 0 Å². The number of ether oxygens (including phenoxy) is 1. The van der Waals surface area contributed by atoms with Crippen molar-refractivity contribution < 1.29 is 9.53 Å². The zero-order chi connectivity index (χ0) is 16.1. The third-order valence-corrected chi connectivity index (χ3v) is 4.77. The molecular formula is C16H29Cl2N5O2. The smallest absolute Gasteiger partial charge is 0.220 e. The molecule has 0 aromatic carbocycles. The largest absolute Gasteiger partial charge is 0.377 e. The van der Waals surface area contributed by atoms with Crippen LogP contribution in [0.3, 0.4) is 0 Å². The maximum atomic E-state index is 12.3. The standard InChI is InChI=1S/C16H27N5O2.2ClH/c1-23-11-14-19-16-13(3-2-10-21(16)20-14)18-15(22)5-4-12-6-8-17-9-7-12;;/h12-13,17H,2-11H2,1H3,(H,18,22);2*1H. The fraction of sp³-hybridized carbons (Fsp3) is 0.812. The molecule has 1 aromatic heterocycles. The Kier molecular flexibility index (Phi) is 9.71. The van der Waals surface area contributed by atoms with E-state index in [1.54, 1.807) is 7.11 Å². The number of aryl methyl sites for hydroxylation is 1. The van der Waals surface area contributed by atoms with Crippen molar-refractivity contribution in [2.24, 2.45) is 5.92 Å². The number of nitrogens with zero attached hydrogens (tertiary/aromatic N) is 3. The number of rotatable bonds is 6. The third kappa shape index (κ3) is 6.09. The van der Waals surface area contributed by atoms with E-state index >= 15 is 0 Å². The minimum absolute atomic E-state index is 0. The molecule has 3 heterocycles. The van der Waals surface area contributed by atoms with E-state index in [-0.39, 0.29) is 36.8 Å². The van der Waals surface area contributed by atoms with Crippen molar-refractivity contribution in [3.63, 3.8) is 0 Å². The SMILES string of the molecule is COCc1nc2n(n1)CCCC2NC(=O)CCC1CCNCC1.Cl.Cl. The Bertz CT molecular complexity index is 535. The lowest BCUT2D eigenvalue weighted by atomic mass is 9.93. The Morgan fingerprint density at radius 2 is 2.08 bits per heavy atom. The van der Waals surface area contributed by atoms with E-state index in [0.717, 1.165) is 44.7 Å². The number of hydrogen-bond acceptors (Lipinski definition) is 5. The number of amides is 1. The first-order valence-electron chi connectivity index (χ1n) is 8.69. The lowest BCUT2D eigenvalue weighted by Gasteiger charge is -2.24. The molecule has 2 N–H and O–H groups in total. The van der Waals surface area contributed by atoms with E-state index in [1.165, 1.54) is 12.8 Å². The topological polar surface area (TPSA) is 81.1 Å². The average Bonchev–Trinajstić information content (AvgIpc) is 2.98. The normalized spacial score (nSPS) is 20.1. The van der Waals surface area contributed by atoms with Gasteiger partial charge in [-0.05, 0) is 51.1 Å². The fourth-order valence-electron chi connectivity index (χ4n) is 3.50. The van der Waals surface area contributed by atoms with Gasteiger partial charge in [0.05, 0.1) is 6.04 Å². The van der Waals surface area contributed by atoms with E-state index in [0.29, 0.717) is 24.8 Å². The van der Waals surface area contributed by atoms with Crippen molar-refractivity contribution in [1.29, 1.82) is 0 Å². The van der Waals surface area contributed by atoms with Crippen molar-refractivity contribution in [1.82, 2.24) is 25.4 Å². The molecule has 1 fully saturated rings. The second-order valence-corrected chi connectivity index (χ2v) is 6.54. The summed E-state index contributed by atoms with van der Waals surface area (Å²) in [6, 6.07) is -0.0117. The van der Waals surface area contributed by atoms with Gasteiger partial charge in [0.2, 0.25) is 5.91 Å². The van der Waals surface area contributed by atoms with E-state index in [4.69, 9.17) is 4.74 Å². The molecule has 1 unspecified atom stereocenters. The van der Waals surface area contributed by atoms with E-state index in [1.807, 2.05) is 4.68 Å². The lowest BCUT2D eigenvalue weighted by molar-refractivity contribution is -0.122. The second-order valence-electron chi connectivity index (χ2n) is 6.54. The summed E-state index contributed by atoms with van der Waals surface area (Å²) in [7, 11) is 1.64. The van der Waals surface area contributed by atoms with Gasteiger partial charge in [-0.3, -0.25) is 4.79 Å². The molecule has 3 rings (SSSR count). The molecule has 0 aliphatic carbocycles. The Labute approximate surface area is 161 Å². The van der Waals surface area contributed by atoms with Crippen molar-refractivity contribution in [3.05, 3.63) is 11.6 Å². The number of hydrogen-bond donors (Lipinski definition) is 2. The Hall–Kier alpha value is -0.890. The average molecular weight is 394 g/mol. The van der Waals surface area contributed by atoms with Crippen molar-refractivity contribution in [2.45, 2.75) is 57.7 Å². The van der Waals surface area contributed by atoms with Gasteiger partial charge in [0.25, 0.3) is 0 Å². The van der Waals surface area contributed by atoms with Gasteiger partial charge < -0.3 is 15.4 Å². The predicted octanol–water partition coefficient (Wildman–Crippen LogP) is 2.00. The molecule has 0 radical (unpaired) electrons. The van der Waals surface area contributed by atoms with E-state index in [2.05, 4.69) is 20.7 Å². The van der Waals surface area contributed by atoms with Gasteiger partial charge in [-0.15, -0.1) is 24.8 Å². The first-order chi connectivity index (χ1) is 11.3. The summed E-state index contributed by atoms with van der Waals surface area (Å²) in [5, 5.41) is 11.0. The van der Waals surface area contributed by atoms with Crippen molar-refractivity contribution in [2.75, 3.05) is 20.2 Å². The summed E-state index contributed by atoms with van der Waals surface area (Å²) in [6.45, 7) is 3.45. The van der Waals surface area contributed by atoms with Gasteiger partial charge in [-0.25, -0.2) is 9.67 Å². The number of carbonyl (C=O) groups is 1. The first kappa shape index (κ1) is 22.2. The number of nitrogens with one attached hydrogen (secondary N) is 2. The molecule has 1 saturated heterocycles. The first-order valence-corrected chi connectivity index (χ1v) is 8.69. The predicted molar refractivity (Wildman–Crippen MR) is 100 cm³/mol. The summed E-state index contributed by atoms with van der Waals surface area (Å²) in [4.78, 5) is 16.8. The monoisotopic (exact) mass is 393 g/mol. The summed E-state index contributed by atoms with van der Waals surface area (Å²) < 4.78 is 7.01. The molecule has 25 heavy (non-hydrogen) atoms. The summed E-state index contributed by atoms with van der Waals surface area (Å²) >= 11 is 0. The van der Waals surface area contributed by atoms with Crippen LogP contribution in [0, 0.1) is 5.92 Å². The second kappa shape index (κ2) is 11.0. The molecule has 0 saturated carbocycles. The maximum absolute atomic E-state index is 12.3. The molecule has 9 heteroatoms. The van der Waals surface area contributed by atoms with Crippen LogP contribution in [0.4, 0.5) is 0 Å². The van der Waals surface area contributed by atoms with E-state index in [9.17, 15) is 4.79 Å². The summed E-state index contributed by atoms with van der Waals surface area (Å²) in [5.41, 5.74) is 0. The number of aromatic nitrogens is 3. The highest BCUT2D eigenvalue weighted by molar-refractivity contribution is 5.85. The van der Waals surface area contributed by atoms with Gasteiger partial charge in [-0.1, -0.05) is 0 Å². The van der Waals surface area contributed by atoms with Crippen LogP contribution in [-0.2, 0) is 22.7 Å². The zero-order valence-electron chi connectivity index (χ0n) is 14.7. The molecule has 0 spiro atoms. The van der Waals surface area contributed by atoms with Gasteiger partial charge in [0, 0.05) is 20.1 Å². The molecule has 1 amide bonds. The molecule has 2 aliphatic rings. The number of piperidine rings is 1. The number of fused-ring (bicyclic) bond motifs is 1. The highest BCUT2D eigenvalue weighted by atomic mass is 35.5. The van der Waals surface area contributed by atoms with E-state index < -0.39 is 0 Å². The molecule has 144 valence electrons. The minimum Gasteiger partial charge on any atom is -0.377 e. The van der Waals surface area contributed by atoms with Crippen LogP contribution in [0.1, 0.15) is 56.2 Å². The van der Waals surface area contributed by atoms with Crippen LogP contribution in [0.25, 0.3) is 0 Å². The highest BCUT2D eigenvalue weighted by Gasteiger charge is 2.26. The lowest BCUT2D eigenvalue weighted by Crippen LogP contribution is -2.34. The zero-order valence-corrected chi connectivity index (χ0v) is 16.3. The Balaban J connectivity index is 0.00000156. The molecule has 2 aliphatic heterocycles. The van der Waals surface area contributed by atoms with Crippen LogP contribution >= 0.6 is 24.8 Å². The van der Waals surface area contributed by atoms with Crippen LogP contribution in [0.2, 0.25) is 0 Å². The Morgan fingerprint density at radius 1 is 1.32 bits per heavy atom.